The van der Waals surface area contributed by atoms with Crippen molar-refractivity contribution in [1.29, 1.82) is 0 Å². The van der Waals surface area contributed by atoms with E-state index in [4.69, 9.17) is 16.3 Å². The molecule has 1 atom stereocenters. The number of benzene rings is 1. The van der Waals surface area contributed by atoms with Crippen LogP contribution in [-0.2, 0) is 17.6 Å². The Morgan fingerprint density at radius 3 is 3.10 bits per heavy atom. The summed E-state index contributed by atoms with van der Waals surface area (Å²) >= 11 is 6.15. The van der Waals surface area contributed by atoms with Crippen molar-refractivity contribution < 1.29 is 9.53 Å². The van der Waals surface area contributed by atoms with Crippen LogP contribution in [0.5, 0.6) is 5.75 Å². The first-order chi connectivity index (χ1) is 9.58. The van der Waals surface area contributed by atoms with E-state index in [9.17, 15) is 4.79 Å². The lowest BCUT2D eigenvalue weighted by Crippen LogP contribution is -2.44. The van der Waals surface area contributed by atoms with Crippen LogP contribution in [-0.4, -0.2) is 25.5 Å². The second kappa shape index (κ2) is 5.38. The summed E-state index contributed by atoms with van der Waals surface area (Å²) in [5.41, 5.74) is 1.82. The van der Waals surface area contributed by atoms with Crippen molar-refractivity contribution >= 4 is 17.4 Å². The highest BCUT2D eigenvalue weighted by molar-refractivity contribution is 6.30. The predicted octanol–water partition coefficient (Wildman–Crippen LogP) is 2.78. The number of piperidine rings is 1. The highest BCUT2D eigenvalue weighted by Crippen LogP contribution is 2.35. The molecule has 0 bridgehead atoms. The van der Waals surface area contributed by atoms with Crippen molar-refractivity contribution in [2.45, 2.75) is 32.6 Å². The predicted molar refractivity (Wildman–Crippen MR) is 79.6 cm³/mol. The first kappa shape index (κ1) is 13.9. The summed E-state index contributed by atoms with van der Waals surface area (Å²) in [7, 11) is 0. The number of rotatable bonds is 3. The molecule has 108 valence electrons. The zero-order valence-corrected chi connectivity index (χ0v) is 12.6. The Bertz CT molecular complexity index is 536. The Morgan fingerprint density at radius 2 is 2.35 bits per heavy atom. The van der Waals surface area contributed by atoms with Gasteiger partial charge in [-0.3, -0.25) is 4.79 Å². The lowest BCUT2D eigenvalue weighted by atomic mass is 9.77. The molecule has 2 aliphatic rings. The fourth-order valence-electron chi connectivity index (χ4n) is 3.16. The smallest absolute Gasteiger partial charge is 0.144 e. The lowest BCUT2D eigenvalue weighted by Gasteiger charge is -2.32. The van der Waals surface area contributed by atoms with Gasteiger partial charge in [-0.2, -0.15) is 0 Å². The first-order valence-corrected chi connectivity index (χ1v) is 7.64. The molecule has 3 nitrogen and oxygen atoms in total. The van der Waals surface area contributed by atoms with Crippen LogP contribution >= 0.6 is 11.6 Å². The lowest BCUT2D eigenvalue weighted by molar-refractivity contribution is -0.128. The summed E-state index contributed by atoms with van der Waals surface area (Å²) < 4.78 is 5.68. The van der Waals surface area contributed by atoms with Crippen molar-refractivity contribution in [3.8, 4) is 5.75 Å². The summed E-state index contributed by atoms with van der Waals surface area (Å²) in [5.74, 6) is 1.17. The van der Waals surface area contributed by atoms with Gasteiger partial charge in [0.25, 0.3) is 0 Å². The van der Waals surface area contributed by atoms with Crippen LogP contribution in [0.2, 0.25) is 5.02 Å². The molecule has 0 spiro atoms. The average molecular weight is 294 g/mol. The van der Waals surface area contributed by atoms with Crippen LogP contribution in [0.1, 0.15) is 30.9 Å². The molecule has 0 aromatic heterocycles. The Morgan fingerprint density at radius 1 is 1.50 bits per heavy atom. The number of ether oxygens (including phenoxy) is 1. The minimum absolute atomic E-state index is 0.258. The molecule has 1 saturated heterocycles. The zero-order valence-electron chi connectivity index (χ0n) is 11.8. The van der Waals surface area contributed by atoms with E-state index in [0.717, 1.165) is 49.2 Å². The molecular weight excluding hydrogens is 274 g/mol. The summed E-state index contributed by atoms with van der Waals surface area (Å²) in [6.07, 6.45) is 3.33. The maximum absolute atomic E-state index is 12.7. The molecule has 3 rings (SSSR count). The third kappa shape index (κ3) is 2.57. The van der Waals surface area contributed by atoms with Crippen LogP contribution in [0.15, 0.2) is 12.1 Å². The maximum Gasteiger partial charge on any atom is 0.144 e. The average Bonchev–Trinajstić information content (AvgIpc) is 2.87. The standard InChI is InChI=1S/C16H20ClNO2/c1-16(4-2-5-18-10-16)14(19)9-12-8-13(17)7-11-3-6-20-15(11)12/h7-8,18H,2-6,9-10H2,1H3. The van der Waals surface area contributed by atoms with E-state index < -0.39 is 0 Å². The number of carbonyl (C=O) groups is 1. The van der Waals surface area contributed by atoms with Crippen molar-refractivity contribution in [2.75, 3.05) is 19.7 Å². The third-order valence-electron chi connectivity index (χ3n) is 4.45. The van der Waals surface area contributed by atoms with Crippen LogP contribution in [0.25, 0.3) is 0 Å². The fourth-order valence-corrected chi connectivity index (χ4v) is 3.42. The number of fused-ring (bicyclic) bond motifs is 1. The van der Waals surface area contributed by atoms with Gasteiger partial charge in [0.05, 0.1) is 6.61 Å². The van der Waals surface area contributed by atoms with E-state index >= 15 is 0 Å². The van der Waals surface area contributed by atoms with Gasteiger partial charge in [-0.05, 0) is 37.1 Å². The largest absolute Gasteiger partial charge is 0.493 e. The summed E-state index contributed by atoms with van der Waals surface area (Å²) in [6, 6.07) is 3.82. The van der Waals surface area contributed by atoms with Gasteiger partial charge in [0.1, 0.15) is 11.5 Å². The molecule has 1 aromatic rings. The monoisotopic (exact) mass is 293 g/mol. The van der Waals surface area contributed by atoms with E-state index in [-0.39, 0.29) is 11.2 Å². The Kier molecular flexibility index (Phi) is 3.74. The van der Waals surface area contributed by atoms with Gasteiger partial charge >= 0.3 is 0 Å². The van der Waals surface area contributed by atoms with Crippen LogP contribution in [0.3, 0.4) is 0 Å². The summed E-state index contributed by atoms with van der Waals surface area (Å²) in [4.78, 5) is 12.7. The number of Topliss-reactive ketones (excluding diaryl/α,β-unsaturated/α-hetero) is 1. The minimum atomic E-state index is -0.258. The molecule has 0 saturated carbocycles. The molecule has 0 amide bonds. The first-order valence-electron chi connectivity index (χ1n) is 7.27. The van der Waals surface area contributed by atoms with Gasteiger partial charge < -0.3 is 10.1 Å². The molecule has 2 aliphatic heterocycles. The minimum Gasteiger partial charge on any atom is -0.493 e. The van der Waals surface area contributed by atoms with E-state index in [1.54, 1.807) is 0 Å². The number of halogens is 1. The van der Waals surface area contributed by atoms with Gasteiger partial charge in [-0.15, -0.1) is 0 Å². The van der Waals surface area contributed by atoms with E-state index in [1.165, 1.54) is 0 Å². The van der Waals surface area contributed by atoms with E-state index in [1.807, 2.05) is 12.1 Å². The topological polar surface area (TPSA) is 38.3 Å². The number of hydrogen-bond acceptors (Lipinski definition) is 3. The second-order valence-corrected chi connectivity index (χ2v) is 6.53. The molecular formula is C16H20ClNO2. The van der Waals surface area contributed by atoms with Gasteiger partial charge in [0.15, 0.2) is 0 Å². The molecule has 2 heterocycles. The van der Waals surface area contributed by atoms with Gasteiger partial charge in [-0.1, -0.05) is 18.5 Å². The fraction of sp³-hybridized carbons (Fsp3) is 0.562. The molecule has 0 aliphatic carbocycles. The molecule has 0 radical (unpaired) electrons. The molecule has 4 heteroatoms. The highest BCUT2D eigenvalue weighted by atomic mass is 35.5. The van der Waals surface area contributed by atoms with Gasteiger partial charge in [0.2, 0.25) is 0 Å². The van der Waals surface area contributed by atoms with Crippen molar-refractivity contribution in [3.63, 3.8) is 0 Å². The molecule has 20 heavy (non-hydrogen) atoms. The number of carbonyl (C=O) groups excluding carboxylic acids is 1. The molecule has 1 aromatic carbocycles. The zero-order chi connectivity index (χ0) is 14.2. The number of hydrogen-bond donors (Lipinski definition) is 1. The van der Waals surface area contributed by atoms with Crippen molar-refractivity contribution in [1.82, 2.24) is 5.32 Å². The molecule has 1 fully saturated rings. The van der Waals surface area contributed by atoms with Crippen LogP contribution in [0.4, 0.5) is 0 Å². The van der Waals surface area contributed by atoms with Crippen molar-refractivity contribution in [3.05, 3.63) is 28.3 Å². The van der Waals surface area contributed by atoms with E-state index in [0.29, 0.717) is 18.1 Å². The maximum atomic E-state index is 12.7. The quantitative estimate of drug-likeness (QED) is 0.931. The van der Waals surface area contributed by atoms with Gasteiger partial charge in [-0.25, -0.2) is 0 Å². The Labute approximate surface area is 124 Å². The highest BCUT2D eigenvalue weighted by Gasteiger charge is 2.35. The summed E-state index contributed by atoms with van der Waals surface area (Å²) in [6.45, 7) is 4.54. The van der Waals surface area contributed by atoms with E-state index in [2.05, 4.69) is 12.2 Å². The normalized spacial score (nSPS) is 25.1. The molecule has 1 N–H and O–H groups in total. The Hall–Kier alpha value is -1.06. The number of nitrogens with one attached hydrogen (secondary N) is 1. The van der Waals surface area contributed by atoms with Gasteiger partial charge in [0, 0.05) is 35.4 Å². The number of ketones is 1. The SMILES string of the molecule is CC1(C(=O)Cc2cc(Cl)cc3c2OCC3)CCCNC1. The van der Waals surface area contributed by atoms with Crippen LogP contribution < -0.4 is 10.1 Å². The third-order valence-corrected chi connectivity index (χ3v) is 4.67. The Balaban J connectivity index is 1.83. The summed E-state index contributed by atoms with van der Waals surface area (Å²) in [5, 5.41) is 4.03. The van der Waals surface area contributed by atoms with Crippen molar-refractivity contribution in [2.24, 2.45) is 5.41 Å². The van der Waals surface area contributed by atoms with Crippen LogP contribution in [0, 0.1) is 5.41 Å². The molecule has 1 unspecified atom stereocenters. The second-order valence-electron chi connectivity index (χ2n) is 6.09.